The number of aromatic nitrogens is 2. The third kappa shape index (κ3) is 5.37. The van der Waals surface area contributed by atoms with E-state index in [2.05, 4.69) is 43.8 Å². The van der Waals surface area contributed by atoms with Crippen LogP contribution in [0, 0.1) is 0 Å². The lowest BCUT2D eigenvalue weighted by Crippen LogP contribution is -2.41. The highest BCUT2D eigenvalue weighted by Crippen LogP contribution is 2.37. The molecule has 1 aromatic carbocycles. The summed E-state index contributed by atoms with van der Waals surface area (Å²) >= 11 is 0. The summed E-state index contributed by atoms with van der Waals surface area (Å²) in [5, 5.41) is 4.16. The lowest BCUT2D eigenvalue weighted by molar-refractivity contribution is 0.110. The van der Waals surface area contributed by atoms with Gasteiger partial charge in [0, 0.05) is 37.0 Å². The summed E-state index contributed by atoms with van der Waals surface area (Å²) < 4.78 is 21.1. The minimum Gasteiger partial charge on any atom is -0.356 e. The molecule has 0 saturated carbocycles. The number of phosphoric acid groups is 1. The van der Waals surface area contributed by atoms with Gasteiger partial charge in [0.25, 0.3) is 0 Å². The molecule has 0 amide bonds. The van der Waals surface area contributed by atoms with Gasteiger partial charge in [-0.15, -0.1) is 0 Å². The van der Waals surface area contributed by atoms with Crippen LogP contribution in [0.4, 0.5) is 5.82 Å². The minimum atomic E-state index is -4.61. The molecule has 0 bridgehead atoms. The van der Waals surface area contributed by atoms with E-state index in [4.69, 9.17) is 20.0 Å². The molecule has 182 valence electrons. The number of allylic oxidation sites excluding steroid dienone is 2. The van der Waals surface area contributed by atoms with Crippen molar-refractivity contribution in [3.8, 4) is 0 Å². The molecule has 5 rings (SSSR count). The lowest BCUT2D eigenvalue weighted by atomic mass is 9.95. The SMILES string of the molecule is NC1C(c2cc(Cc3ccc(N4CCC4c4ccccc4)nc3)no2)=CC=CN1COP(=O)(O)O. The van der Waals surface area contributed by atoms with E-state index in [9.17, 15) is 4.57 Å². The Kier molecular flexibility index (Phi) is 6.55. The van der Waals surface area contributed by atoms with Gasteiger partial charge in [0.05, 0.1) is 11.7 Å². The van der Waals surface area contributed by atoms with Crippen LogP contribution in [-0.2, 0) is 15.5 Å². The number of rotatable bonds is 8. The van der Waals surface area contributed by atoms with Crippen molar-refractivity contribution in [3.05, 3.63) is 95.7 Å². The molecule has 2 unspecified atom stereocenters. The van der Waals surface area contributed by atoms with Gasteiger partial charge in [-0.2, -0.15) is 0 Å². The molecular weight excluding hydrogens is 469 g/mol. The van der Waals surface area contributed by atoms with Gasteiger partial charge < -0.3 is 29.8 Å². The fourth-order valence-corrected chi connectivity index (χ4v) is 4.52. The molecule has 0 spiro atoms. The Bertz CT molecular complexity index is 1270. The molecule has 0 aliphatic carbocycles. The molecule has 4 heterocycles. The zero-order valence-corrected chi connectivity index (χ0v) is 19.7. The minimum absolute atomic E-state index is 0.361. The molecule has 2 aliphatic heterocycles. The molecule has 10 nitrogen and oxygen atoms in total. The second kappa shape index (κ2) is 9.77. The summed E-state index contributed by atoms with van der Waals surface area (Å²) in [7, 11) is -4.61. The largest absolute Gasteiger partial charge is 0.471 e. The maximum Gasteiger partial charge on any atom is 0.471 e. The van der Waals surface area contributed by atoms with E-state index in [1.165, 1.54) is 10.5 Å². The second-order valence-electron chi connectivity index (χ2n) is 8.46. The zero-order chi connectivity index (χ0) is 24.4. The molecule has 3 aromatic rings. The van der Waals surface area contributed by atoms with Gasteiger partial charge in [0.15, 0.2) is 5.76 Å². The fourth-order valence-electron chi connectivity index (χ4n) is 4.24. The average molecular weight is 495 g/mol. The van der Waals surface area contributed by atoms with Crippen molar-refractivity contribution in [2.24, 2.45) is 5.73 Å². The van der Waals surface area contributed by atoms with Crippen LogP contribution in [0.1, 0.15) is 35.0 Å². The Morgan fingerprint density at radius 2 is 2.03 bits per heavy atom. The second-order valence-corrected chi connectivity index (χ2v) is 9.70. The first-order valence-corrected chi connectivity index (χ1v) is 12.7. The van der Waals surface area contributed by atoms with Gasteiger partial charge in [-0.25, -0.2) is 9.55 Å². The fraction of sp³-hybridized carbons (Fsp3) is 0.250. The van der Waals surface area contributed by atoms with Crippen LogP contribution in [0.25, 0.3) is 5.57 Å². The number of benzene rings is 1. The molecule has 0 radical (unpaired) electrons. The first-order chi connectivity index (χ1) is 16.9. The summed E-state index contributed by atoms with van der Waals surface area (Å²) in [6.45, 7) is 0.624. The number of pyridine rings is 1. The monoisotopic (exact) mass is 495 g/mol. The van der Waals surface area contributed by atoms with Gasteiger partial charge >= 0.3 is 7.82 Å². The van der Waals surface area contributed by atoms with E-state index in [0.29, 0.717) is 23.8 Å². The van der Waals surface area contributed by atoms with Crippen molar-refractivity contribution in [3.63, 3.8) is 0 Å². The molecule has 2 atom stereocenters. The average Bonchev–Trinajstić information content (AvgIpc) is 3.27. The summed E-state index contributed by atoms with van der Waals surface area (Å²) in [6.07, 6.45) is 7.88. The first kappa shape index (κ1) is 23.5. The zero-order valence-electron chi connectivity index (χ0n) is 18.8. The normalized spacial score (nSPS) is 20.0. The van der Waals surface area contributed by atoms with Gasteiger partial charge in [-0.05, 0) is 29.7 Å². The van der Waals surface area contributed by atoms with Crippen LogP contribution in [-0.4, -0.2) is 44.3 Å². The van der Waals surface area contributed by atoms with Crippen LogP contribution in [0.2, 0.25) is 0 Å². The standard InChI is InChI=1S/C24H26N5O5P/c25-24-20(7-4-11-28(24)16-33-35(30,31)32)22-14-19(27-34-22)13-17-8-9-23(26-15-17)29-12-10-21(29)18-5-2-1-3-6-18/h1-9,11,14-15,21,24H,10,12-13,16,25H2,(H2,30,31,32). The van der Waals surface area contributed by atoms with E-state index >= 15 is 0 Å². The van der Waals surface area contributed by atoms with Crippen LogP contribution in [0.15, 0.2) is 77.6 Å². The van der Waals surface area contributed by atoms with Gasteiger partial charge in [-0.3, -0.25) is 4.52 Å². The Morgan fingerprint density at radius 3 is 2.71 bits per heavy atom. The van der Waals surface area contributed by atoms with E-state index in [1.54, 1.807) is 18.4 Å². The first-order valence-electron chi connectivity index (χ1n) is 11.2. The summed E-state index contributed by atoms with van der Waals surface area (Å²) in [6, 6.07) is 16.7. The third-order valence-corrected chi connectivity index (χ3v) is 6.59. The van der Waals surface area contributed by atoms with Gasteiger partial charge in [-0.1, -0.05) is 47.6 Å². The quantitative estimate of drug-likeness (QED) is 0.400. The van der Waals surface area contributed by atoms with Gasteiger partial charge in [0.1, 0.15) is 18.7 Å². The predicted octanol–water partition coefficient (Wildman–Crippen LogP) is 3.18. The van der Waals surface area contributed by atoms with Crippen LogP contribution >= 0.6 is 7.82 Å². The lowest BCUT2D eigenvalue weighted by Gasteiger charge is -2.42. The Hall–Kier alpha value is -3.27. The maximum atomic E-state index is 11.0. The molecule has 11 heteroatoms. The molecule has 4 N–H and O–H groups in total. The van der Waals surface area contributed by atoms with Crippen LogP contribution in [0.3, 0.4) is 0 Å². The number of phosphoric ester groups is 1. The van der Waals surface area contributed by atoms with E-state index in [-0.39, 0.29) is 6.73 Å². The van der Waals surface area contributed by atoms with E-state index in [1.807, 2.05) is 30.5 Å². The van der Waals surface area contributed by atoms with Crippen molar-refractivity contribution in [1.29, 1.82) is 0 Å². The Balaban J connectivity index is 1.22. The number of nitrogens with two attached hydrogens (primary N) is 1. The third-order valence-electron chi connectivity index (χ3n) is 6.14. The molecule has 2 aliphatic rings. The molecule has 1 fully saturated rings. The molecular formula is C24H26N5O5P. The maximum absolute atomic E-state index is 11.0. The van der Waals surface area contributed by atoms with Gasteiger partial charge in [0.2, 0.25) is 0 Å². The van der Waals surface area contributed by atoms with Crippen molar-refractivity contribution in [2.45, 2.75) is 25.0 Å². The topological polar surface area (TPSA) is 138 Å². The summed E-state index contributed by atoms with van der Waals surface area (Å²) in [5.41, 5.74) is 9.89. The van der Waals surface area contributed by atoms with E-state index < -0.39 is 14.0 Å². The molecule has 35 heavy (non-hydrogen) atoms. The van der Waals surface area contributed by atoms with Crippen molar-refractivity contribution >= 4 is 19.2 Å². The number of hydrogen-bond donors (Lipinski definition) is 3. The Morgan fingerprint density at radius 1 is 1.20 bits per heavy atom. The number of anilines is 1. The van der Waals surface area contributed by atoms with Crippen molar-refractivity contribution < 1.29 is 23.4 Å². The smallest absolute Gasteiger partial charge is 0.356 e. The molecule has 1 saturated heterocycles. The van der Waals surface area contributed by atoms with Crippen molar-refractivity contribution in [1.82, 2.24) is 15.0 Å². The number of nitrogens with zero attached hydrogens (tertiary/aromatic N) is 4. The van der Waals surface area contributed by atoms with Crippen LogP contribution < -0.4 is 10.6 Å². The summed E-state index contributed by atoms with van der Waals surface area (Å²) in [4.78, 5) is 26.3. The van der Waals surface area contributed by atoms with Crippen LogP contribution in [0.5, 0.6) is 0 Å². The van der Waals surface area contributed by atoms with E-state index in [0.717, 1.165) is 30.0 Å². The highest BCUT2D eigenvalue weighted by atomic mass is 31.2. The highest BCUT2D eigenvalue weighted by Gasteiger charge is 2.30. The van der Waals surface area contributed by atoms with Crippen molar-refractivity contribution in [2.75, 3.05) is 18.2 Å². The summed E-state index contributed by atoms with van der Waals surface area (Å²) in [5.74, 6) is 1.44. The number of hydrogen-bond acceptors (Lipinski definition) is 8. The highest BCUT2D eigenvalue weighted by molar-refractivity contribution is 7.46. The Labute approximate surface area is 202 Å². The molecule has 2 aromatic heterocycles. The predicted molar refractivity (Wildman–Crippen MR) is 130 cm³/mol.